The Morgan fingerprint density at radius 2 is 1.68 bits per heavy atom. The van der Waals surface area contributed by atoms with Crippen LogP contribution in [-0.2, 0) is 33.3 Å². The molecule has 4 rings (SSSR count). The number of aromatic nitrogens is 4. The number of nitrogens with zero attached hydrogens (tertiary/aromatic N) is 5. The average molecular weight is 594 g/mol. The maximum absolute atomic E-state index is 14.6. The standard InChI is InChI=1S/C24H22F7N5O3S/c1-13-18(26)9-19(36(13)40(38,39)17-6-4-15(25)5-7-17)20(37)8-3-14-12-35(34-21(14)24(29,30)31)16-10-32-22(33-11-16)23(2,27)28/h4-7,10-13,18-19H,3,8-9H2,1-2H3/t13-,18+,19-/m0/s1. The monoisotopic (exact) mass is 593 g/mol. The second-order valence-electron chi connectivity index (χ2n) is 9.36. The van der Waals surface area contributed by atoms with E-state index in [-0.39, 0.29) is 10.6 Å². The lowest BCUT2D eigenvalue weighted by Crippen LogP contribution is -2.44. The lowest BCUT2D eigenvalue weighted by Gasteiger charge is -2.26. The summed E-state index contributed by atoms with van der Waals surface area (Å²) in [7, 11) is -4.45. The number of sulfonamides is 1. The molecule has 0 saturated carbocycles. The molecule has 2 aromatic heterocycles. The Hall–Kier alpha value is -3.40. The molecule has 3 atom stereocenters. The van der Waals surface area contributed by atoms with Crippen molar-refractivity contribution in [3.05, 3.63) is 65.8 Å². The van der Waals surface area contributed by atoms with Crippen molar-refractivity contribution in [3.8, 4) is 5.69 Å². The first kappa shape index (κ1) is 29.6. The van der Waals surface area contributed by atoms with Crippen LogP contribution < -0.4 is 0 Å². The Morgan fingerprint density at radius 3 is 2.23 bits per heavy atom. The molecule has 0 N–H and O–H groups in total. The number of carbonyl (C=O) groups excluding carboxylic acids is 1. The highest BCUT2D eigenvalue weighted by atomic mass is 32.2. The molecule has 0 spiro atoms. The maximum Gasteiger partial charge on any atom is 0.435 e. The Kier molecular flexibility index (Phi) is 7.79. The summed E-state index contributed by atoms with van der Waals surface area (Å²) < 4.78 is 124. The molecule has 0 radical (unpaired) electrons. The van der Waals surface area contributed by atoms with E-state index in [2.05, 4.69) is 15.1 Å². The van der Waals surface area contributed by atoms with E-state index in [1.54, 1.807) is 0 Å². The summed E-state index contributed by atoms with van der Waals surface area (Å²) in [5.74, 6) is -5.75. The Balaban J connectivity index is 1.58. The van der Waals surface area contributed by atoms with Crippen LogP contribution in [0.1, 0.15) is 43.8 Å². The number of ketones is 1. The first-order chi connectivity index (χ1) is 18.5. The quantitative estimate of drug-likeness (QED) is 0.354. The van der Waals surface area contributed by atoms with E-state index >= 15 is 0 Å². The van der Waals surface area contributed by atoms with Crippen LogP contribution in [0.2, 0.25) is 0 Å². The second-order valence-corrected chi connectivity index (χ2v) is 11.2. The summed E-state index contributed by atoms with van der Waals surface area (Å²) >= 11 is 0. The number of hydrogen-bond acceptors (Lipinski definition) is 6. The molecule has 3 heterocycles. The largest absolute Gasteiger partial charge is 0.435 e. The Bertz CT molecular complexity index is 1490. The molecule has 0 aliphatic carbocycles. The minimum absolute atomic E-state index is 0.155. The summed E-state index contributed by atoms with van der Waals surface area (Å²) in [6.07, 6.45) is -5.65. The van der Waals surface area contributed by atoms with Crippen molar-refractivity contribution in [2.24, 2.45) is 0 Å². The summed E-state index contributed by atoms with van der Waals surface area (Å²) in [5.41, 5.74) is -1.96. The van der Waals surface area contributed by atoms with Gasteiger partial charge >= 0.3 is 12.1 Å². The number of rotatable bonds is 8. The van der Waals surface area contributed by atoms with E-state index in [9.17, 15) is 43.9 Å². The fraction of sp³-hybridized carbons (Fsp3) is 0.417. The predicted octanol–water partition coefficient (Wildman–Crippen LogP) is 4.62. The number of Topliss-reactive ketones (excluding diaryl/α,β-unsaturated/α-hetero) is 1. The first-order valence-corrected chi connectivity index (χ1v) is 13.3. The molecule has 1 aromatic carbocycles. The number of benzene rings is 1. The van der Waals surface area contributed by atoms with Crippen LogP contribution in [-0.4, -0.2) is 56.5 Å². The van der Waals surface area contributed by atoms with Crippen molar-refractivity contribution >= 4 is 15.8 Å². The minimum atomic E-state index is -4.95. The van der Waals surface area contributed by atoms with Gasteiger partial charge in [-0.2, -0.15) is 31.4 Å². The normalized spacial score (nSPS) is 20.7. The number of carbonyl (C=O) groups is 1. The molecule has 8 nitrogen and oxygen atoms in total. The van der Waals surface area contributed by atoms with E-state index in [4.69, 9.17) is 0 Å². The Labute approximate surface area is 223 Å². The zero-order valence-electron chi connectivity index (χ0n) is 20.9. The van der Waals surface area contributed by atoms with Crippen LogP contribution in [0.25, 0.3) is 5.69 Å². The third kappa shape index (κ3) is 5.87. The number of aryl methyl sites for hydroxylation is 1. The van der Waals surface area contributed by atoms with E-state index in [1.165, 1.54) is 6.92 Å². The van der Waals surface area contributed by atoms with Crippen molar-refractivity contribution in [3.63, 3.8) is 0 Å². The lowest BCUT2D eigenvalue weighted by molar-refractivity contribution is -0.142. The van der Waals surface area contributed by atoms with Crippen LogP contribution in [0.3, 0.4) is 0 Å². The van der Waals surface area contributed by atoms with Crippen LogP contribution >= 0.6 is 0 Å². The van der Waals surface area contributed by atoms with Gasteiger partial charge in [0.1, 0.15) is 17.7 Å². The summed E-state index contributed by atoms with van der Waals surface area (Å²) in [6.45, 7) is 1.81. The van der Waals surface area contributed by atoms with Gasteiger partial charge in [0.15, 0.2) is 17.3 Å². The van der Waals surface area contributed by atoms with Crippen molar-refractivity contribution in [2.75, 3.05) is 0 Å². The maximum atomic E-state index is 14.6. The van der Waals surface area contributed by atoms with E-state index in [1.807, 2.05) is 0 Å². The van der Waals surface area contributed by atoms with Crippen molar-refractivity contribution < 1.29 is 43.9 Å². The van der Waals surface area contributed by atoms with Gasteiger partial charge in [-0.25, -0.2) is 31.8 Å². The predicted molar refractivity (Wildman–Crippen MR) is 125 cm³/mol. The highest BCUT2D eigenvalue weighted by Crippen LogP contribution is 2.36. The molecule has 1 aliphatic rings. The summed E-state index contributed by atoms with van der Waals surface area (Å²) in [5, 5.41) is 3.46. The second kappa shape index (κ2) is 10.5. The van der Waals surface area contributed by atoms with Crippen LogP contribution in [0.4, 0.5) is 30.7 Å². The molecule has 3 aromatic rings. The molecule has 0 unspecified atom stereocenters. The molecule has 1 saturated heterocycles. The van der Waals surface area contributed by atoms with Crippen LogP contribution in [0, 0.1) is 5.82 Å². The minimum Gasteiger partial charge on any atom is -0.298 e. The smallest absolute Gasteiger partial charge is 0.298 e. The van der Waals surface area contributed by atoms with Gasteiger partial charge in [0.25, 0.3) is 0 Å². The highest BCUT2D eigenvalue weighted by Gasteiger charge is 2.49. The zero-order valence-corrected chi connectivity index (χ0v) is 21.7. The molecule has 0 bridgehead atoms. The van der Waals surface area contributed by atoms with Gasteiger partial charge < -0.3 is 0 Å². The SMILES string of the molecule is C[C@H]1[C@H](F)C[C@@H](C(=O)CCc2cn(-c3cnc(C(C)(F)F)nc3)nc2C(F)(F)F)N1S(=O)(=O)c1ccc(F)cc1. The number of halogens is 7. The van der Waals surface area contributed by atoms with Crippen molar-refractivity contribution in [1.29, 1.82) is 0 Å². The summed E-state index contributed by atoms with van der Waals surface area (Å²) in [4.78, 5) is 19.6. The van der Waals surface area contributed by atoms with E-state index in [0.717, 1.165) is 47.5 Å². The fourth-order valence-corrected chi connectivity index (χ4v) is 6.23. The van der Waals surface area contributed by atoms with Gasteiger partial charge in [0.05, 0.1) is 29.4 Å². The number of alkyl halides is 6. The third-order valence-corrected chi connectivity index (χ3v) is 8.45. The van der Waals surface area contributed by atoms with Crippen LogP contribution in [0.15, 0.2) is 47.8 Å². The molecule has 1 aliphatic heterocycles. The van der Waals surface area contributed by atoms with Crippen LogP contribution in [0.5, 0.6) is 0 Å². The average Bonchev–Trinajstić information content (AvgIpc) is 3.44. The van der Waals surface area contributed by atoms with Gasteiger partial charge in [0.2, 0.25) is 10.0 Å². The van der Waals surface area contributed by atoms with Gasteiger partial charge in [-0.15, -0.1) is 0 Å². The lowest BCUT2D eigenvalue weighted by atomic mass is 10.0. The van der Waals surface area contributed by atoms with Crippen molar-refractivity contribution in [1.82, 2.24) is 24.1 Å². The Morgan fingerprint density at radius 1 is 1.07 bits per heavy atom. The topological polar surface area (TPSA) is 98.1 Å². The molecular weight excluding hydrogens is 571 g/mol. The molecule has 0 amide bonds. The van der Waals surface area contributed by atoms with E-state index in [0.29, 0.717) is 11.2 Å². The van der Waals surface area contributed by atoms with Gasteiger partial charge in [0, 0.05) is 31.5 Å². The highest BCUT2D eigenvalue weighted by molar-refractivity contribution is 7.89. The number of hydrogen-bond donors (Lipinski definition) is 0. The van der Waals surface area contributed by atoms with Crippen molar-refractivity contribution in [2.45, 2.75) is 68.4 Å². The van der Waals surface area contributed by atoms with E-state index < -0.39 is 88.3 Å². The zero-order chi connectivity index (χ0) is 29.6. The molecule has 16 heteroatoms. The van der Waals surface area contributed by atoms with Gasteiger partial charge in [-0.3, -0.25) is 4.79 Å². The summed E-state index contributed by atoms with van der Waals surface area (Å²) in [6, 6.07) is 0.954. The van der Waals surface area contributed by atoms with Gasteiger partial charge in [-0.05, 0) is 37.6 Å². The first-order valence-electron chi connectivity index (χ1n) is 11.8. The van der Waals surface area contributed by atoms with Gasteiger partial charge in [-0.1, -0.05) is 0 Å². The molecule has 216 valence electrons. The fourth-order valence-electron chi connectivity index (χ4n) is 4.40. The molecule has 1 fully saturated rings. The molecule has 40 heavy (non-hydrogen) atoms. The molecular formula is C24H22F7N5O3S. The third-order valence-electron chi connectivity index (χ3n) is 6.44.